The number of urea groups is 1. The summed E-state index contributed by atoms with van der Waals surface area (Å²) in [7, 11) is 1.63. The van der Waals surface area contributed by atoms with Crippen LogP contribution in [0.4, 0.5) is 4.79 Å². The second-order valence-electron chi connectivity index (χ2n) is 5.25. The van der Waals surface area contributed by atoms with Crippen LogP contribution in [-0.2, 0) is 9.59 Å². The maximum atomic E-state index is 11.6. The molecule has 0 rings (SSSR count). The highest BCUT2D eigenvalue weighted by atomic mass is 16.4. The minimum Gasteiger partial charge on any atom is -0.480 e. The summed E-state index contributed by atoms with van der Waals surface area (Å²) in [6.07, 6.45) is 0. The highest BCUT2D eigenvalue weighted by Crippen LogP contribution is 2.13. The smallest absolute Gasteiger partial charge is 0.322 e. The molecule has 0 saturated carbocycles. The van der Waals surface area contributed by atoms with E-state index in [0.717, 1.165) is 0 Å². The van der Waals surface area contributed by atoms with Crippen LogP contribution in [0.15, 0.2) is 0 Å². The number of carbonyl (C=O) groups excluding carboxylic acids is 2. The van der Waals surface area contributed by atoms with Gasteiger partial charge in [-0.2, -0.15) is 0 Å². The van der Waals surface area contributed by atoms with Gasteiger partial charge < -0.3 is 20.6 Å². The zero-order chi connectivity index (χ0) is 14.3. The monoisotopic (exact) mass is 259 g/mol. The molecule has 0 aliphatic rings. The molecule has 0 aliphatic carbocycles. The molecular weight excluding hydrogens is 238 g/mol. The summed E-state index contributed by atoms with van der Waals surface area (Å²) >= 11 is 0. The van der Waals surface area contributed by atoms with Crippen LogP contribution in [0.1, 0.15) is 20.8 Å². The molecule has 104 valence electrons. The molecule has 0 bridgehead atoms. The van der Waals surface area contributed by atoms with Crippen LogP contribution in [0.2, 0.25) is 0 Å². The molecule has 3 amide bonds. The van der Waals surface area contributed by atoms with Crippen molar-refractivity contribution in [2.24, 2.45) is 5.41 Å². The van der Waals surface area contributed by atoms with Crippen LogP contribution in [0.25, 0.3) is 0 Å². The highest BCUT2D eigenvalue weighted by Gasteiger charge is 2.17. The van der Waals surface area contributed by atoms with Gasteiger partial charge in [-0.25, -0.2) is 4.79 Å². The number of nitrogens with zero attached hydrogens (tertiary/aromatic N) is 1. The Labute approximate surface area is 107 Å². The Morgan fingerprint density at radius 1 is 1.11 bits per heavy atom. The van der Waals surface area contributed by atoms with Crippen LogP contribution in [0.3, 0.4) is 0 Å². The number of amides is 3. The standard InChI is InChI=1S/C11H21N3O4/c1-11(2,3)7-14(4)10(18)13-5-8(15)12-6-9(16)17/h5-7H2,1-4H3,(H,12,15)(H,13,18)(H,16,17). The predicted molar refractivity (Wildman–Crippen MR) is 66.1 cm³/mol. The first-order valence-corrected chi connectivity index (χ1v) is 5.59. The number of hydrogen-bond donors (Lipinski definition) is 3. The lowest BCUT2D eigenvalue weighted by Crippen LogP contribution is -2.45. The molecule has 0 aromatic heterocycles. The maximum Gasteiger partial charge on any atom is 0.322 e. The Hall–Kier alpha value is -1.79. The highest BCUT2D eigenvalue weighted by molar-refractivity contribution is 5.86. The molecule has 0 atom stereocenters. The van der Waals surface area contributed by atoms with Gasteiger partial charge in [-0.3, -0.25) is 9.59 Å². The lowest BCUT2D eigenvalue weighted by Gasteiger charge is -2.26. The van der Waals surface area contributed by atoms with Gasteiger partial charge in [0.05, 0.1) is 6.54 Å². The largest absolute Gasteiger partial charge is 0.480 e. The van der Waals surface area contributed by atoms with Gasteiger partial charge in [0.15, 0.2) is 0 Å². The van der Waals surface area contributed by atoms with Crippen molar-refractivity contribution in [3.05, 3.63) is 0 Å². The molecule has 0 aromatic rings. The van der Waals surface area contributed by atoms with Crippen molar-refractivity contribution in [1.82, 2.24) is 15.5 Å². The van der Waals surface area contributed by atoms with Gasteiger partial charge in [0.25, 0.3) is 0 Å². The fourth-order valence-corrected chi connectivity index (χ4v) is 1.31. The molecule has 0 unspecified atom stereocenters. The normalized spacial score (nSPS) is 10.7. The van der Waals surface area contributed by atoms with Gasteiger partial charge in [-0.05, 0) is 5.41 Å². The van der Waals surface area contributed by atoms with E-state index in [0.29, 0.717) is 6.54 Å². The van der Waals surface area contributed by atoms with Gasteiger partial charge >= 0.3 is 12.0 Å². The summed E-state index contributed by atoms with van der Waals surface area (Å²) < 4.78 is 0. The van der Waals surface area contributed by atoms with E-state index in [9.17, 15) is 14.4 Å². The van der Waals surface area contributed by atoms with Crippen LogP contribution in [0, 0.1) is 5.41 Å². The molecule has 7 heteroatoms. The molecule has 0 aliphatic heterocycles. The van der Waals surface area contributed by atoms with Crippen LogP contribution in [0.5, 0.6) is 0 Å². The molecule has 0 heterocycles. The molecular formula is C11H21N3O4. The van der Waals surface area contributed by atoms with Crippen molar-refractivity contribution in [1.29, 1.82) is 0 Å². The number of hydrogen-bond acceptors (Lipinski definition) is 3. The first-order valence-electron chi connectivity index (χ1n) is 5.59. The Morgan fingerprint density at radius 3 is 2.11 bits per heavy atom. The third kappa shape index (κ3) is 8.37. The van der Waals surface area contributed by atoms with E-state index >= 15 is 0 Å². The van der Waals surface area contributed by atoms with Gasteiger partial charge in [-0.1, -0.05) is 20.8 Å². The molecule has 0 spiro atoms. The van der Waals surface area contributed by atoms with E-state index in [1.807, 2.05) is 20.8 Å². The number of aliphatic carboxylic acids is 1. The summed E-state index contributed by atoms with van der Waals surface area (Å²) in [5.41, 5.74) is -0.0301. The third-order valence-electron chi connectivity index (χ3n) is 1.90. The summed E-state index contributed by atoms with van der Waals surface area (Å²) in [5.74, 6) is -1.66. The molecule has 18 heavy (non-hydrogen) atoms. The molecule has 3 N–H and O–H groups in total. The number of rotatable bonds is 5. The van der Waals surface area contributed by atoms with E-state index in [2.05, 4.69) is 10.6 Å². The van der Waals surface area contributed by atoms with Gasteiger partial charge in [-0.15, -0.1) is 0 Å². The van der Waals surface area contributed by atoms with E-state index < -0.39 is 18.4 Å². The number of carboxylic acids is 1. The lowest BCUT2D eigenvalue weighted by atomic mass is 9.96. The predicted octanol–water partition coefficient (Wildman–Crippen LogP) is -0.125. The number of carboxylic acid groups (broad SMARTS) is 1. The Balaban J connectivity index is 3.95. The molecule has 0 fully saturated rings. The summed E-state index contributed by atoms with van der Waals surface area (Å²) in [6.45, 7) is 5.85. The average Bonchev–Trinajstić information content (AvgIpc) is 2.20. The third-order valence-corrected chi connectivity index (χ3v) is 1.90. The average molecular weight is 259 g/mol. The molecule has 0 saturated heterocycles. The van der Waals surface area contributed by atoms with E-state index in [1.54, 1.807) is 7.05 Å². The fourth-order valence-electron chi connectivity index (χ4n) is 1.31. The molecule has 0 aromatic carbocycles. The fraction of sp³-hybridized carbons (Fsp3) is 0.727. The first-order chi connectivity index (χ1) is 8.11. The SMILES string of the molecule is CN(CC(C)(C)C)C(=O)NCC(=O)NCC(=O)O. The number of carbonyl (C=O) groups is 3. The van der Waals surface area contributed by atoms with Crippen LogP contribution < -0.4 is 10.6 Å². The van der Waals surface area contributed by atoms with Crippen molar-refractivity contribution in [2.75, 3.05) is 26.7 Å². The van der Waals surface area contributed by atoms with Crippen molar-refractivity contribution < 1.29 is 19.5 Å². The molecule has 7 nitrogen and oxygen atoms in total. The Morgan fingerprint density at radius 2 is 1.67 bits per heavy atom. The molecule has 0 radical (unpaired) electrons. The topological polar surface area (TPSA) is 98.7 Å². The van der Waals surface area contributed by atoms with Gasteiger partial charge in [0.1, 0.15) is 6.54 Å². The van der Waals surface area contributed by atoms with Gasteiger partial charge in [0, 0.05) is 13.6 Å². The van der Waals surface area contributed by atoms with E-state index in [-0.39, 0.29) is 18.0 Å². The first kappa shape index (κ1) is 16.2. The minimum atomic E-state index is -1.13. The van der Waals surface area contributed by atoms with Crippen LogP contribution in [-0.4, -0.2) is 54.6 Å². The zero-order valence-corrected chi connectivity index (χ0v) is 11.2. The van der Waals surface area contributed by atoms with Crippen molar-refractivity contribution in [3.8, 4) is 0 Å². The number of nitrogens with one attached hydrogen (secondary N) is 2. The summed E-state index contributed by atoms with van der Waals surface area (Å²) in [4.78, 5) is 34.4. The van der Waals surface area contributed by atoms with E-state index in [1.165, 1.54) is 4.90 Å². The minimum absolute atomic E-state index is 0.0301. The van der Waals surface area contributed by atoms with E-state index in [4.69, 9.17) is 5.11 Å². The summed E-state index contributed by atoms with van der Waals surface area (Å²) in [5, 5.41) is 12.9. The second-order valence-corrected chi connectivity index (χ2v) is 5.25. The Bertz CT molecular complexity index is 323. The maximum absolute atomic E-state index is 11.6. The summed E-state index contributed by atoms with van der Waals surface area (Å²) in [6, 6.07) is -0.365. The van der Waals surface area contributed by atoms with Crippen molar-refractivity contribution in [3.63, 3.8) is 0 Å². The van der Waals surface area contributed by atoms with Crippen molar-refractivity contribution >= 4 is 17.9 Å². The second kappa shape index (κ2) is 6.83. The van der Waals surface area contributed by atoms with Gasteiger partial charge in [0.2, 0.25) is 5.91 Å². The quantitative estimate of drug-likeness (QED) is 0.640. The van der Waals surface area contributed by atoms with Crippen molar-refractivity contribution in [2.45, 2.75) is 20.8 Å². The lowest BCUT2D eigenvalue weighted by molar-refractivity contribution is -0.137. The Kier molecular flexibility index (Phi) is 6.15. The zero-order valence-electron chi connectivity index (χ0n) is 11.2. The van der Waals surface area contributed by atoms with Crippen LogP contribution >= 0.6 is 0 Å².